The molecule has 6 nitrogen and oxygen atoms in total. The highest BCUT2D eigenvalue weighted by atomic mass is 19.1. The van der Waals surface area contributed by atoms with E-state index in [-0.39, 0.29) is 23.4 Å². The van der Waals surface area contributed by atoms with Crippen LogP contribution in [0.3, 0.4) is 0 Å². The first kappa shape index (κ1) is 15.8. The highest BCUT2D eigenvalue weighted by Crippen LogP contribution is 2.37. The van der Waals surface area contributed by atoms with Crippen LogP contribution < -0.4 is 4.90 Å². The SMILES string of the molecule is Cc1ccc([N+](=O)[O-])c(C2CC(=O)N(c3ccc(F)cc3)C2=O)c1. The number of nitrogens with zero attached hydrogens (tertiary/aromatic N) is 2. The van der Waals surface area contributed by atoms with Gasteiger partial charge in [0, 0.05) is 18.1 Å². The Hall–Kier alpha value is -3.09. The van der Waals surface area contributed by atoms with E-state index in [0.717, 1.165) is 22.6 Å². The molecule has 0 spiro atoms. The summed E-state index contributed by atoms with van der Waals surface area (Å²) in [7, 11) is 0. The molecule has 1 aliphatic heterocycles. The molecule has 1 fully saturated rings. The minimum absolute atomic E-state index is 0.152. The van der Waals surface area contributed by atoms with E-state index in [9.17, 15) is 24.1 Å². The summed E-state index contributed by atoms with van der Waals surface area (Å²) in [6.07, 6.45) is -0.152. The Bertz CT molecular complexity index is 848. The maximum atomic E-state index is 13.0. The van der Waals surface area contributed by atoms with Crippen LogP contribution in [0.2, 0.25) is 0 Å². The van der Waals surface area contributed by atoms with Crippen LogP contribution in [0, 0.1) is 22.9 Å². The summed E-state index contributed by atoms with van der Waals surface area (Å²) in [5, 5.41) is 11.2. The zero-order chi connectivity index (χ0) is 17.4. The van der Waals surface area contributed by atoms with Gasteiger partial charge in [0.1, 0.15) is 5.82 Å². The zero-order valence-corrected chi connectivity index (χ0v) is 12.7. The van der Waals surface area contributed by atoms with Crippen LogP contribution in [-0.4, -0.2) is 16.7 Å². The number of carbonyl (C=O) groups is 2. The molecule has 0 radical (unpaired) electrons. The Morgan fingerprint density at radius 3 is 2.46 bits per heavy atom. The van der Waals surface area contributed by atoms with Crippen LogP contribution in [0.15, 0.2) is 42.5 Å². The number of anilines is 1. The van der Waals surface area contributed by atoms with Gasteiger partial charge < -0.3 is 0 Å². The van der Waals surface area contributed by atoms with Crippen LogP contribution in [-0.2, 0) is 9.59 Å². The number of halogens is 1. The average Bonchev–Trinajstić information content (AvgIpc) is 2.83. The lowest BCUT2D eigenvalue weighted by molar-refractivity contribution is -0.385. The maximum absolute atomic E-state index is 13.0. The van der Waals surface area contributed by atoms with Crippen molar-refractivity contribution < 1.29 is 18.9 Å². The Kier molecular flexibility index (Phi) is 3.84. The lowest BCUT2D eigenvalue weighted by Crippen LogP contribution is -2.30. The minimum Gasteiger partial charge on any atom is -0.274 e. The molecule has 0 aromatic heterocycles. The predicted octanol–water partition coefficient (Wildman–Crippen LogP) is 3.09. The van der Waals surface area contributed by atoms with E-state index in [1.54, 1.807) is 19.1 Å². The van der Waals surface area contributed by atoms with E-state index >= 15 is 0 Å². The molecule has 3 rings (SSSR count). The standard InChI is InChI=1S/C17H13FN2O4/c1-10-2-7-15(20(23)24)13(8-10)14-9-16(21)19(17(14)22)12-5-3-11(18)4-6-12/h2-8,14H,9H2,1H3. The van der Waals surface area contributed by atoms with E-state index in [4.69, 9.17) is 0 Å². The Morgan fingerprint density at radius 1 is 1.17 bits per heavy atom. The fourth-order valence-electron chi connectivity index (χ4n) is 2.86. The predicted molar refractivity (Wildman–Crippen MR) is 84.1 cm³/mol. The second kappa shape index (κ2) is 5.84. The molecule has 1 saturated heterocycles. The van der Waals surface area contributed by atoms with Gasteiger partial charge in [0.05, 0.1) is 16.5 Å². The second-order valence-corrected chi connectivity index (χ2v) is 5.62. The molecule has 0 bridgehead atoms. The topological polar surface area (TPSA) is 80.5 Å². The molecule has 1 atom stereocenters. The van der Waals surface area contributed by atoms with E-state index < -0.39 is 28.5 Å². The van der Waals surface area contributed by atoms with Crippen molar-refractivity contribution >= 4 is 23.2 Å². The van der Waals surface area contributed by atoms with Gasteiger partial charge in [0.15, 0.2) is 0 Å². The van der Waals surface area contributed by atoms with E-state index in [2.05, 4.69) is 0 Å². The average molecular weight is 328 g/mol. The molecule has 0 aliphatic carbocycles. The Morgan fingerprint density at radius 2 is 1.83 bits per heavy atom. The quantitative estimate of drug-likeness (QED) is 0.492. The molecule has 2 aromatic rings. The van der Waals surface area contributed by atoms with E-state index in [1.807, 2.05) is 0 Å². The van der Waals surface area contributed by atoms with Crippen LogP contribution in [0.5, 0.6) is 0 Å². The highest BCUT2D eigenvalue weighted by molar-refractivity contribution is 6.22. The number of rotatable bonds is 3. The third kappa shape index (κ3) is 2.64. The van der Waals surface area contributed by atoms with Gasteiger partial charge in [-0.1, -0.05) is 11.6 Å². The molecule has 1 unspecified atom stereocenters. The van der Waals surface area contributed by atoms with Crippen molar-refractivity contribution in [3.05, 3.63) is 69.5 Å². The first-order valence-corrected chi connectivity index (χ1v) is 7.26. The van der Waals surface area contributed by atoms with Crippen LogP contribution in [0.25, 0.3) is 0 Å². The summed E-state index contributed by atoms with van der Waals surface area (Å²) in [6.45, 7) is 1.76. The lowest BCUT2D eigenvalue weighted by Gasteiger charge is -2.15. The fourth-order valence-corrected chi connectivity index (χ4v) is 2.86. The molecule has 0 saturated carbocycles. The third-order valence-electron chi connectivity index (χ3n) is 3.99. The van der Waals surface area contributed by atoms with Crippen molar-refractivity contribution in [2.45, 2.75) is 19.3 Å². The first-order chi connectivity index (χ1) is 11.4. The molecule has 122 valence electrons. The third-order valence-corrected chi connectivity index (χ3v) is 3.99. The van der Waals surface area contributed by atoms with Crippen molar-refractivity contribution in [3.63, 3.8) is 0 Å². The number of hydrogen-bond acceptors (Lipinski definition) is 4. The summed E-state index contributed by atoms with van der Waals surface area (Å²) in [6, 6.07) is 9.44. The maximum Gasteiger partial charge on any atom is 0.273 e. The minimum atomic E-state index is -0.914. The van der Waals surface area contributed by atoms with Gasteiger partial charge >= 0.3 is 0 Å². The van der Waals surface area contributed by atoms with Gasteiger partial charge in [-0.15, -0.1) is 0 Å². The number of carbonyl (C=O) groups excluding carboxylic acids is 2. The molecule has 24 heavy (non-hydrogen) atoms. The van der Waals surface area contributed by atoms with Crippen molar-refractivity contribution in [1.82, 2.24) is 0 Å². The molecule has 7 heteroatoms. The molecule has 1 aliphatic rings. The number of imide groups is 1. The monoisotopic (exact) mass is 328 g/mol. The van der Waals surface area contributed by atoms with Gasteiger partial charge in [-0.3, -0.25) is 19.7 Å². The molecular formula is C17H13FN2O4. The molecule has 2 amide bonds. The van der Waals surface area contributed by atoms with Crippen LogP contribution in [0.4, 0.5) is 15.8 Å². The summed E-state index contributed by atoms with van der Waals surface area (Å²) in [4.78, 5) is 36.6. The van der Waals surface area contributed by atoms with Gasteiger partial charge in [0.25, 0.3) is 5.69 Å². The van der Waals surface area contributed by atoms with Crippen molar-refractivity contribution in [2.24, 2.45) is 0 Å². The van der Waals surface area contributed by atoms with Crippen molar-refractivity contribution in [1.29, 1.82) is 0 Å². The largest absolute Gasteiger partial charge is 0.274 e. The zero-order valence-electron chi connectivity index (χ0n) is 12.7. The second-order valence-electron chi connectivity index (χ2n) is 5.62. The van der Waals surface area contributed by atoms with Crippen molar-refractivity contribution in [3.8, 4) is 0 Å². The molecule has 1 heterocycles. The van der Waals surface area contributed by atoms with Crippen LogP contribution in [0.1, 0.15) is 23.5 Å². The Labute approximate surface area is 136 Å². The summed E-state index contributed by atoms with van der Waals surface area (Å²) in [5.74, 6) is -2.40. The number of nitro benzene ring substituents is 1. The Balaban J connectivity index is 2.02. The molecular weight excluding hydrogens is 315 g/mol. The van der Waals surface area contributed by atoms with E-state index in [1.165, 1.54) is 18.2 Å². The van der Waals surface area contributed by atoms with Crippen LogP contribution >= 0.6 is 0 Å². The number of benzene rings is 2. The number of amides is 2. The fraction of sp³-hybridized carbons (Fsp3) is 0.176. The van der Waals surface area contributed by atoms with Gasteiger partial charge in [-0.2, -0.15) is 0 Å². The van der Waals surface area contributed by atoms with Gasteiger partial charge in [-0.05, 0) is 37.3 Å². The normalized spacial score (nSPS) is 17.4. The summed E-state index contributed by atoms with van der Waals surface area (Å²) >= 11 is 0. The summed E-state index contributed by atoms with van der Waals surface area (Å²) in [5.41, 5.74) is 1.05. The number of nitro groups is 1. The van der Waals surface area contributed by atoms with E-state index in [0.29, 0.717) is 0 Å². The number of aryl methyl sites for hydroxylation is 1. The first-order valence-electron chi connectivity index (χ1n) is 7.26. The van der Waals surface area contributed by atoms with Gasteiger partial charge in [0.2, 0.25) is 11.8 Å². The lowest BCUT2D eigenvalue weighted by atomic mass is 9.94. The summed E-state index contributed by atoms with van der Waals surface area (Å²) < 4.78 is 13.0. The smallest absolute Gasteiger partial charge is 0.273 e. The number of hydrogen-bond donors (Lipinski definition) is 0. The highest BCUT2D eigenvalue weighted by Gasteiger charge is 2.42. The van der Waals surface area contributed by atoms with Gasteiger partial charge in [-0.25, -0.2) is 9.29 Å². The molecule has 0 N–H and O–H groups in total. The molecule has 2 aromatic carbocycles. The van der Waals surface area contributed by atoms with Crippen molar-refractivity contribution in [2.75, 3.05) is 4.90 Å².